The lowest BCUT2D eigenvalue weighted by Crippen LogP contribution is -2.48. The van der Waals surface area contributed by atoms with Gasteiger partial charge < -0.3 is 15.2 Å². The van der Waals surface area contributed by atoms with Crippen LogP contribution in [-0.4, -0.2) is 47.0 Å². The number of piperazine rings is 1. The third kappa shape index (κ3) is 4.21. The van der Waals surface area contributed by atoms with Gasteiger partial charge in [0.25, 0.3) is 0 Å². The highest BCUT2D eigenvalue weighted by Crippen LogP contribution is 2.16. The third-order valence-electron chi connectivity index (χ3n) is 4.40. The van der Waals surface area contributed by atoms with E-state index >= 15 is 0 Å². The van der Waals surface area contributed by atoms with Crippen LogP contribution in [-0.2, 0) is 11.3 Å². The Morgan fingerprint density at radius 2 is 1.96 bits per heavy atom. The van der Waals surface area contributed by atoms with Crippen molar-refractivity contribution in [3.8, 4) is 0 Å². The van der Waals surface area contributed by atoms with Crippen LogP contribution >= 0.6 is 0 Å². The number of hydrogen-bond acceptors (Lipinski definition) is 5. The summed E-state index contributed by atoms with van der Waals surface area (Å²) in [6.07, 6.45) is 0.352. The van der Waals surface area contributed by atoms with Crippen LogP contribution in [0.2, 0.25) is 0 Å². The molecule has 1 aromatic carbocycles. The fourth-order valence-corrected chi connectivity index (χ4v) is 3.00. The van der Waals surface area contributed by atoms with Gasteiger partial charge >= 0.3 is 0 Å². The van der Waals surface area contributed by atoms with Crippen LogP contribution in [0.25, 0.3) is 0 Å². The van der Waals surface area contributed by atoms with Gasteiger partial charge in [-0.2, -0.15) is 0 Å². The van der Waals surface area contributed by atoms with Crippen molar-refractivity contribution < 1.29 is 9.32 Å². The first-order valence-corrected chi connectivity index (χ1v) is 8.34. The summed E-state index contributed by atoms with van der Waals surface area (Å²) in [7, 11) is 0. The summed E-state index contributed by atoms with van der Waals surface area (Å²) in [4.78, 5) is 16.6. The van der Waals surface area contributed by atoms with Crippen molar-refractivity contribution in [1.82, 2.24) is 15.0 Å². The van der Waals surface area contributed by atoms with Gasteiger partial charge in [0.15, 0.2) is 5.76 Å². The fourth-order valence-electron chi connectivity index (χ4n) is 3.00. The summed E-state index contributed by atoms with van der Waals surface area (Å²) in [5.41, 5.74) is 8.06. The number of rotatable bonds is 5. The molecule has 2 heterocycles. The van der Waals surface area contributed by atoms with Crippen molar-refractivity contribution in [2.24, 2.45) is 5.73 Å². The molecule has 6 heteroatoms. The van der Waals surface area contributed by atoms with Gasteiger partial charge in [0.1, 0.15) is 0 Å². The van der Waals surface area contributed by atoms with Gasteiger partial charge in [-0.1, -0.05) is 35.5 Å². The lowest BCUT2D eigenvalue weighted by molar-refractivity contribution is -0.133. The standard InChI is InChI=1S/C18H24N4O2/c1-14-11-16(24-20-14)13-21-7-9-22(10-8-21)18(23)12-17(19)15-5-3-2-4-6-15/h2-6,11,17H,7-10,12-13,19H2,1H3. The van der Waals surface area contributed by atoms with Crippen LogP contribution in [0.15, 0.2) is 40.9 Å². The van der Waals surface area contributed by atoms with Crippen molar-refractivity contribution in [1.29, 1.82) is 0 Å². The van der Waals surface area contributed by atoms with Gasteiger partial charge in [-0.15, -0.1) is 0 Å². The minimum Gasteiger partial charge on any atom is -0.360 e. The molecule has 1 atom stereocenters. The lowest BCUT2D eigenvalue weighted by Gasteiger charge is -2.34. The Morgan fingerprint density at radius 3 is 2.58 bits per heavy atom. The molecule has 0 spiro atoms. The molecular formula is C18H24N4O2. The molecule has 0 bridgehead atoms. The van der Waals surface area contributed by atoms with Gasteiger partial charge in [0, 0.05) is 44.7 Å². The molecule has 1 aliphatic heterocycles. The number of aromatic nitrogens is 1. The summed E-state index contributed by atoms with van der Waals surface area (Å²) in [6.45, 7) is 5.80. The molecule has 1 fully saturated rings. The van der Waals surface area contributed by atoms with Gasteiger partial charge in [-0.25, -0.2) is 0 Å². The van der Waals surface area contributed by atoms with Gasteiger partial charge in [0.2, 0.25) is 5.91 Å². The number of carbonyl (C=O) groups excluding carboxylic acids is 1. The SMILES string of the molecule is Cc1cc(CN2CCN(C(=O)CC(N)c3ccccc3)CC2)on1. The number of hydrogen-bond donors (Lipinski definition) is 1. The molecule has 1 aliphatic rings. The van der Waals surface area contributed by atoms with Crippen molar-refractivity contribution in [3.05, 3.63) is 53.4 Å². The zero-order valence-corrected chi connectivity index (χ0v) is 14.0. The summed E-state index contributed by atoms with van der Waals surface area (Å²) >= 11 is 0. The molecule has 1 aromatic heterocycles. The Kier molecular flexibility index (Phi) is 5.27. The number of aryl methyl sites for hydroxylation is 1. The molecule has 128 valence electrons. The number of amides is 1. The number of nitrogens with two attached hydrogens (primary N) is 1. The highest BCUT2D eigenvalue weighted by Gasteiger charge is 2.23. The Labute approximate surface area is 142 Å². The summed E-state index contributed by atoms with van der Waals surface area (Å²) in [5.74, 6) is 1.000. The fraction of sp³-hybridized carbons (Fsp3) is 0.444. The molecule has 0 aliphatic carbocycles. The number of benzene rings is 1. The van der Waals surface area contributed by atoms with E-state index in [0.29, 0.717) is 6.42 Å². The Bertz CT molecular complexity index is 663. The zero-order chi connectivity index (χ0) is 16.9. The van der Waals surface area contributed by atoms with E-state index in [4.69, 9.17) is 10.3 Å². The van der Waals surface area contributed by atoms with E-state index in [9.17, 15) is 4.79 Å². The molecule has 1 saturated heterocycles. The Morgan fingerprint density at radius 1 is 1.25 bits per heavy atom. The van der Waals surface area contributed by atoms with Gasteiger partial charge in [0.05, 0.1) is 12.2 Å². The largest absolute Gasteiger partial charge is 0.360 e. The van der Waals surface area contributed by atoms with Gasteiger partial charge in [-0.05, 0) is 12.5 Å². The van der Waals surface area contributed by atoms with E-state index in [1.54, 1.807) is 0 Å². The van der Waals surface area contributed by atoms with E-state index in [2.05, 4.69) is 10.1 Å². The second-order valence-corrected chi connectivity index (χ2v) is 6.31. The monoisotopic (exact) mass is 328 g/mol. The molecule has 6 nitrogen and oxygen atoms in total. The minimum absolute atomic E-state index is 0.126. The first kappa shape index (κ1) is 16.7. The topological polar surface area (TPSA) is 75.6 Å². The number of carbonyl (C=O) groups is 1. The average Bonchev–Trinajstić information content (AvgIpc) is 3.01. The molecular weight excluding hydrogens is 304 g/mol. The molecule has 2 N–H and O–H groups in total. The van der Waals surface area contributed by atoms with E-state index in [-0.39, 0.29) is 11.9 Å². The normalized spacial score (nSPS) is 17.0. The second kappa shape index (κ2) is 7.59. The van der Waals surface area contributed by atoms with Crippen molar-refractivity contribution in [2.75, 3.05) is 26.2 Å². The van der Waals surface area contributed by atoms with E-state index in [1.165, 1.54) is 0 Å². The van der Waals surface area contributed by atoms with Crippen molar-refractivity contribution >= 4 is 5.91 Å². The molecule has 24 heavy (non-hydrogen) atoms. The highest BCUT2D eigenvalue weighted by molar-refractivity contribution is 5.77. The molecule has 3 rings (SSSR count). The van der Waals surface area contributed by atoms with Crippen LogP contribution in [0.4, 0.5) is 0 Å². The molecule has 1 unspecified atom stereocenters. The Balaban J connectivity index is 1.46. The minimum atomic E-state index is -0.242. The first-order chi connectivity index (χ1) is 11.6. The maximum Gasteiger partial charge on any atom is 0.224 e. The zero-order valence-electron chi connectivity index (χ0n) is 14.0. The van der Waals surface area contributed by atoms with E-state index < -0.39 is 0 Å². The predicted octanol–water partition coefficient (Wildman–Crippen LogP) is 1.72. The smallest absolute Gasteiger partial charge is 0.224 e. The molecule has 0 saturated carbocycles. The maximum absolute atomic E-state index is 12.4. The molecule has 0 radical (unpaired) electrons. The van der Waals surface area contributed by atoms with Crippen LogP contribution < -0.4 is 5.73 Å². The third-order valence-corrected chi connectivity index (χ3v) is 4.40. The molecule has 1 amide bonds. The van der Waals surface area contributed by atoms with Crippen LogP contribution in [0, 0.1) is 6.92 Å². The molecule has 2 aromatic rings. The second-order valence-electron chi connectivity index (χ2n) is 6.31. The maximum atomic E-state index is 12.4. The highest BCUT2D eigenvalue weighted by atomic mass is 16.5. The predicted molar refractivity (Wildman–Crippen MR) is 91.1 cm³/mol. The summed E-state index contributed by atoms with van der Waals surface area (Å²) in [6, 6.07) is 11.5. The van der Waals surface area contributed by atoms with Crippen LogP contribution in [0.1, 0.15) is 29.5 Å². The first-order valence-electron chi connectivity index (χ1n) is 8.34. The number of nitrogens with zero attached hydrogens (tertiary/aromatic N) is 3. The van der Waals surface area contributed by atoms with Crippen molar-refractivity contribution in [3.63, 3.8) is 0 Å². The van der Waals surface area contributed by atoms with E-state index in [1.807, 2.05) is 48.2 Å². The summed E-state index contributed by atoms with van der Waals surface area (Å²) in [5, 5.41) is 3.91. The average molecular weight is 328 g/mol. The van der Waals surface area contributed by atoms with E-state index in [0.717, 1.165) is 49.7 Å². The van der Waals surface area contributed by atoms with Gasteiger partial charge in [-0.3, -0.25) is 9.69 Å². The quantitative estimate of drug-likeness (QED) is 0.904. The Hall–Kier alpha value is -2.18. The van der Waals surface area contributed by atoms with Crippen molar-refractivity contribution in [2.45, 2.75) is 25.9 Å². The van der Waals surface area contributed by atoms with Crippen LogP contribution in [0.3, 0.4) is 0 Å². The lowest BCUT2D eigenvalue weighted by atomic mass is 10.0. The van der Waals surface area contributed by atoms with Crippen LogP contribution in [0.5, 0.6) is 0 Å². The summed E-state index contributed by atoms with van der Waals surface area (Å²) < 4.78 is 5.25.